The predicted molar refractivity (Wildman–Crippen MR) is 55.3 cm³/mol. The van der Waals surface area contributed by atoms with Crippen LogP contribution in [0.4, 0.5) is 0 Å². The third-order valence-electron chi connectivity index (χ3n) is 2.80. The zero-order valence-corrected chi connectivity index (χ0v) is 9.03. The van der Waals surface area contributed by atoms with Crippen LogP contribution in [0.1, 0.15) is 35.7 Å². The average molecular weight is 219 g/mol. The lowest BCUT2D eigenvalue weighted by Gasteiger charge is -2.13. The van der Waals surface area contributed by atoms with Crippen molar-refractivity contribution in [1.29, 1.82) is 5.26 Å². The molecule has 84 valence electrons. The highest BCUT2D eigenvalue weighted by Gasteiger charge is 2.29. The number of hydrogen-bond acceptors (Lipinski definition) is 4. The van der Waals surface area contributed by atoms with Crippen molar-refractivity contribution in [3.8, 4) is 6.07 Å². The highest BCUT2D eigenvalue weighted by Crippen LogP contribution is 2.24. The summed E-state index contributed by atoms with van der Waals surface area (Å²) in [6.45, 7) is 1.73. The maximum absolute atomic E-state index is 11.7. The molecule has 16 heavy (non-hydrogen) atoms. The van der Waals surface area contributed by atoms with Crippen LogP contribution in [0.3, 0.4) is 0 Å². The molecule has 2 atom stereocenters. The van der Waals surface area contributed by atoms with E-state index < -0.39 is 0 Å². The van der Waals surface area contributed by atoms with Crippen LogP contribution in [0.25, 0.3) is 0 Å². The van der Waals surface area contributed by atoms with Crippen LogP contribution < -0.4 is 5.32 Å². The van der Waals surface area contributed by atoms with Crippen molar-refractivity contribution in [3.05, 3.63) is 11.6 Å². The van der Waals surface area contributed by atoms with E-state index in [-0.39, 0.29) is 23.7 Å². The Morgan fingerprint density at radius 1 is 1.62 bits per heavy atom. The number of amides is 1. The van der Waals surface area contributed by atoms with Crippen LogP contribution in [0.15, 0.2) is 0 Å². The quantitative estimate of drug-likeness (QED) is 0.758. The molecular formula is C10H13N5O. The summed E-state index contributed by atoms with van der Waals surface area (Å²) in [5.41, 5.74) is 0. The van der Waals surface area contributed by atoms with Gasteiger partial charge in [-0.1, -0.05) is 0 Å². The van der Waals surface area contributed by atoms with Crippen LogP contribution in [0.2, 0.25) is 0 Å². The minimum atomic E-state index is -0.309. The molecule has 2 rings (SSSR count). The molecular weight excluding hydrogens is 206 g/mol. The Bertz CT molecular complexity index is 433. The SMILES string of the molecule is Cc1nc(C(=O)NC2CCCC2C#N)n[nH]1. The Kier molecular flexibility index (Phi) is 2.86. The first kappa shape index (κ1) is 10.6. The van der Waals surface area contributed by atoms with Gasteiger partial charge in [0.15, 0.2) is 0 Å². The van der Waals surface area contributed by atoms with E-state index in [2.05, 4.69) is 26.6 Å². The van der Waals surface area contributed by atoms with Gasteiger partial charge in [0.2, 0.25) is 5.82 Å². The molecule has 0 saturated heterocycles. The van der Waals surface area contributed by atoms with Crippen molar-refractivity contribution in [1.82, 2.24) is 20.5 Å². The lowest BCUT2D eigenvalue weighted by Crippen LogP contribution is -2.37. The van der Waals surface area contributed by atoms with Crippen molar-refractivity contribution in [2.75, 3.05) is 0 Å². The standard InChI is InChI=1S/C10H13N5O/c1-6-12-9(15-14-6)10(16)13-8-4-2-3-7(8)5-11/h7-8H,2-4H2,1H3,(H,13,16)(H,12,14,15). The monoisotopic (exact) mass is 219 g/mol. The first-order valence-corrected chi connectivity index (χ1v) is 5.30. The molecule has 0 spiro atoms. The molecule has 0 radical (unpaired) electrons. The molecule has 1 amide bonds. The number of aromatic amines is 1. The molecule has 1 aromatic heterocycles. The van der Waals surface area contributed by atoms with Crippen LogP contribution in [0.5, 0.6) is 0 Å². The van der Waals surface area contributed by atoms with Gasteiger partial charge in [-0.15, -0.1) is 5.10 Å². The van der Waals surface area contributed by atoms with Gasteiger partial charge in [0.1, 0.15) is 5.82 Å². The van der Waals surface area contributed by atoms with Crippen molar-refractivity contribution < 1.29 is 4.79 Å². The second-order valence-electron chi connectivity index (χ2n) is 3.99. The van der Waals surface area contributed by atoms with Crippen molar-refractivity contribution >= 4 is 5.91 Å². The number of aryl methyl sites for hydroxylation is 1. The highest BCUT2D eigenvalue weighted by atomic mass is 16.2. The smallest absolute Gasteiger partial charge is 0.291 e. The summed E-state index contributed by atoms with van der Waals surface area (Å²) in [6.07, 6.45) is 2.69. The largest absolute Gasteiger partial charge is 0.345 e. The van der Waals surface area contributed by atoms with Gasteiger partial charge in [0, 0.05) is 6.04 Å². The Labute approximate surface area is 93.1 Å². The molecule has 1 aliphatic carbocycles. The summed E-state index contributed by atoms with van der Waals surface area (Å²) < 4.78 is 0. The van der Waals surface area contributed by atoms with Gasteiger partial charge < -0.3 is 5.32 Å². The summed E-state index contributed by atoms with van der Waals surface area (Å²) in [5, 5.41) is 18.1. The van der Waals surface area contributed by atoms with E-state index in [1.165, 1.54) is 0 Å². The van der Waals surface area contributed by atoms with Gasteiger partial charge in [-0.05, 0) is 26.2 Å². The second-order valence-corrected chi connectivity index (χ2v) is 3.99. The number of carbonyl (C=O) groups is 1. The molecule has 0 aromatic carbocycles. The number of nitrogens with zero attached hydrogens (tertiary/aromatic N) is 3. The first-order valence-electron chi connectivity index (χ1n) is 5.30. The zero-order chi connectivity index (χ0) is 11.5. The van der Waals surface area contributed by atoms with Gasteiger partial charge in [-0.2, -0.15) is 5.26 Å². The summed E-state index contributed by atoms with van der Waals surface area (Å²) >= 11 is 0. The Balaban J connectivity index is 2.00. The molecule has 1 aliphatic rings. The molecule has 1 heterocycles. The van der Waals surface area contributed by atoms with Gasteiger partial charge in [0.25, 0.3) is 5.91 Å². The van der Waals surface area contributed by atoms with Gasteiger partial charge in [0.05, 0.1) is 12.0 Å². The molecule has 2 unspecified atom stereocenters. The number of H-pyrrole nitrogens is 1. The summed E-state index contributed by atoms with van der Waals surface area (Å²) in [7, 11) is 0. The van der Waals surface area contributed by atoms with Crippen LogP contribution in [-0.4, -0.2) is 27.1 Å². The number of nitriles is 1. The summed E-state index contributed by atoms with van der Waals surface area (Å²) in [4.78, 5) is 15.7. The van der Waals surface area contributed by atoms with E-state index in [0.29, 0.717) is 5.82 Å². The fraction of sp³-hybridized carbons (Fsp3) is 0.600. The fourth-order valence-corrected chi connectivity index (χ4v) is 1.96. The van der Waals surface area contributed by atoms with E-state index in [0.717, 1.165) is 19.3 Å². The minimum absolute atomic E-state index is 0.0590. The third kappa shape index (κ3) is 2.03. The maximum atomic E-state index is 11.7. The third-order valence-corrected chi connectivity index (χ3v) is 2.80. The predicted octanol–water partition coefficient (Wildman–Crippen LogP) is 0.535. The summed E-state index contributed by atoms with van der Waals surface area (Å²) in [5.74, 6) is 0.356. The average Bonchev–Trinajstić information content (AvgIpc) is 2.86. The molecule has 2 N–H and O–H groups in total. The van der Waals surface area contributed by atoms with E-state index in [9.17, 15) is 4.79 Å². The first-order chi connectivity index (χ1) is 7.70. The fourth-order valence-electron chi connectivity index (χ4n) is 1.96. The van der Waals surface area contributed by atoms with Gasteiger partial charge in [-0.25, -0.2) is 4.98 Å². The van der Waals surface area contributed by atoms with Crippen LogP contribution in [0, 0.1) is 24.2 Å². The number of aromatic nitrogens is 3. The Morgan fingerprint density at radius 2 is 2.44 bits per heavy atom. The van der Waals surface area contributed by atoms with E-state index in [1.54, 1.807) is 6.92 Å². The van der Waals surface area contributed by atoms with E-state index >= 15 is 0 Å². The molecule has 1 aromatic rings. The van der Waals surface area contributed by atoms with E-state index in [1.807, 2.05) is 0 Å². The molecule has 0 bridgehead atoms. The topological polar surface area (TPSA) is 94.5 Å². The molecule has 6 heteroatoms. The molecule has 6 nitrogen and oxygen atoms in total. The Morgan fingerprint density at radius 3 is 3.06 bits per heavy atom. The minimum Gasteiger partial charge on any atom is -0.345 e. The molecule has 1 saturated carbocycles. The van der Waals surface area contributed by atoms with Gasteiger partial charge in [-0.3, -0.25) is 9.89 Å². The summed E-state index contributed by atoms with van der Waals surface area (Å²) in [6, 6.07) is 2.15. The van der Waals surface area contributed by atoms with Crippen molar-refractivity contribution in [3.63, 3.8) is 0 Å². The van der Waals surface area contributed by atoms with Crippen molar-refractivity contribution in [2.45, 2.75) is 32.2 Å². The highest BCUT2D eigenvalue weighted by molar-refractivity contribution is 5.90. The normalized spacial score (nSPS) is 24.0. The van der Waals surface area contributed by atoms with E-state index in [4.69, 9.17) is 5.26 Å². The molecule has 0 aliphatic heterocycles. The maximum Gasteiger partial charge on any atom is 0.291 e. The van der Waals surface area contributed by atoms with Gasteiger partial charge >= 0.3 is 0 Å². The second kappa shape index (κ2) is 4.31. The lowest BCUT2D eigenvalue weighted by atomic mass is 10.1. The number of carbonyl (C=O) groups excluding carboxylic acids is 1. The lowest BCUT2D eigenvalue weighted by molar-refractivity contribution is 0.0922. The zero-order valence-electron chi connectivity index (χ0n) is 9.03. The number of rotatable bonds is 2. The van der Waals surface area contributed by atoms with Crippen LogP contribution in [-0.2, 0) is 0 Å². The number of hydrogen-bond donors (Lipinski definition) is 2. The van der Waals surface area contributed by atoms with Crippen molar-refractivity contribution in [2.24, 2.45) is 5.92 Å². The van der Waals surface area contributed by atoms with Crippen LogP contribution >= 0.6 is 0 Å². The molecule has 1 fully saturated rings. The Hall–Kier alpha value is -1.90. The number of nitrogens with one attached hydrogen (secondary N) is 2.